The minimum Gasteiger partial charge on any atom is -0.427 e. The van der Waals surface area contributed by atoms with Crippen LogP contribution < -0.4 is 4.74 Å². The van der Waals surface area contributed by atoms with E-state index in [9.17, 15) is 14.4 Å². The Balaban J connectivity index is 2.49. The first kappa shape index (κ1) is 11.3. The standard InChI is InChI=1S/C13H10O4/c1-7-5-12(15)11-6-9(17-8(2)14)3-4-10(11)13(7)16/h3-6H,1-2H3. The molecule has 0 spiro atoms. The van der Waals surface area contributed by atoms with Crippen molar-refractivity contribution in [2.45, 2.75) is 13.8 Å². The second kappa shape index (κ2) is 3.97. The summed E-state index contributed by atoms with van der Waals surface area (Å²) in [5.74, 6) is -0.614. The molecule has 17 heavy (non-hydrogen) atoms. The van der Waals surface area contributed by atoms with Crippen LogP contribution in [0.5, 0.6) is 5.75 Å². The normalized spacial score (nSPS) is 14.1. The zero-order chi connectivity index (χ0) is 12.6. The van der Waals surface area contributed by atoms with Crippen molar-refractivity contribution in [1.29, 1.82) is 0 Å². The Labute approximate surface area is 97.9 Å². The Morgan fingerprint density at radius 2 is 1.88 bits per heavy atom. The van der Waals surface area contributed by atoms with Gasteiger partial charge in [-0.3, -0.25) is 14.4 Å². The maximum absolute atomic E-state index is 11.8. The molecule has 4 heteroatoms. The quantitative estimate of drug-likeness (QED) is 0.546. The van der Waals surface area contributed by atoms with Gasteiger partial charge in [-0.25, -0.2) is 0 Å². The third-order valence-corrected chi connectivity index (χ3v) is 2.47. The van der Waals surface area contributed by atoms with E-state index in [0.717, 1.165) is 0 Å². The zero-order valence-corrected chi connectivity index (χ0v) is 9.44. The lowest BCUT2D eigenvalue weighted by Gasteiger charge is -2.13. The van der Waals surface area contributed by atoms with Gasteiger partial charge in [-0.05, 0) is 31.2 Å². The molecule has 0 fully saturated rings. The van der Waals surface area contributed by atoms with E-state index < -0.39 is 5.97 Å². The summed E-state index contributed by atoms with van der Waals surface area (Å²) in [6.45, 7) is 2.87. The monoisotopic (exact) mass is 230 g/mol. The summed E-state index contributed by atoms with van der Waals surface area (Å²) in [7, 11) is 0. The highest BCUT2D eigenvalue weighted by Crippen LogP contribution is 2.25. The van der Waals surface area contributed by atoms with E-state index in [1.165, 1.54) is 31.2 Å². The van der Waals surface area contributed by atoms with Crippen LogP contribution in [-0.4, -0.2) is 17.5 Å². The van der Waals surface area contributed by atoms with Gasteiger partial charge < -0.3 is 4.74 Å². The molecule has 0 atom stereocenters. The van der Waals surface area contributed by atoms with Gasteiger partial charge in [0.2, 0.25) is 0 Å². The number of ketones is 2. The van der Waals surface area contributed by atoms with Crippen LogP contribution in [0.15, 0.2) is 29.8 Å². The highest BCUT2D eigenvalue weighted by molar-refractivity contribution is 6.24. The zero-order valence-electron chi connectivity index (χ0n) is 9.44. The van der Waals surface area contributed by atoms with Gasteiger partial charge in [0.1, 0.15) is 5.75 Å². The summed E-state index contributed by atoms with van der Waals surface area (Å²) in [5, 5.41) is 0. The highest BCUT2D eigenvalue weighted by atomic mass is 16.5. The largest absolute Gasteiger partial charge is 0.427 e. The molecule has 1 aliphatic rings. The summed E-state index contributed by atoms with van der Waals surface area (Å²) in [4.78, 5) is 34.3. The number of carbonyl (C=O) groups excluding carboxylic acids is 3. The van der Waals surface area contributed by atoms with Gasteiger partial charge in [-0.2, -0.15) is 0 Å². The van der Waals surface area contributed by atoms with Crippen LogP contribution in [0.3, 0.4) is 0 Å². The predicted molar refractivity (Wildman–Crippen MR) is 60.2 cm³/mol. The van der Waals surface area contributed by atoms with Crippen molar-refractivity contribution in [2.24, 2.45) is 0 Å². The maximum atomic E-state index is 11.8. The fourth-order valence-corrected chi connectivity index (χ4v) is 1.71. The average molecular weight is 230 g/mol. The molecule has 0 aliphatic heterocycles. The summed E-state index contributed by atoms with van der Waals surface area (Å²) in [5.41, 5.74) is 1.05. The lowest BCUT2D eigenvalue weighted by molar-refractivity contribution is -0.131. The van der Waals surface area contributed by atoms with Crippen LogP contribution in [-0.2, 0) is 4.79 Å². The van der Waals surface area contributed by atoms with Gasteiger partial charge in [0, 0.05) is 23.6 Å². The SMILES string of the molecule is CC(=O)Oc1ccc2c(c1)C(=O)C=C(C)C2=O. The molecule has 2 rings (SSSR count). The molecule has 1 aliphatic carbocycles. The predicted octanol–water partition coefficient (Wildman–Crippen LogP) is 1.94. The number of ether oxygens (including phenoxy) is 1. The van der Waals surface area contributed by atoms with Gasteiger partial charge in [0.05, 0.1) is 0 Å². The summed E-state index contributed by atoms with van der Waals surface area (Å²) >= 11 is 0. The molecule has 0 aromatic heterocycles. The number of hydrogen-bond donors (Lipinski definition) is 0. The number of allylic oxidation sites excluding steroid dienone is 2. The van der Waals surface area contributed by atoms with Gasteiger partial charge >= 0.3 is 5.97 Å². The van der Waals surface area contributed by atoms with Gasteiger partial charge in [-0.15, -0.1) is 0 Å². The first-order valence-electron chi connectivity index (χ1n) is 5.09. The summed E-state index contributed by atoms with van der Waals surface area (Å²) in [6.07, 6.45) is 1.29. The number of esters is 1. The minimum atomic E-state index is -0.466. The van der Waals surface area contributed by atoms with Crippen molar-refractivity contribution in [2.75, 3.05) is 0 Å². The number of fused-ring (bicyclic) bond motifs is 1. The molecule has 1 aromatic rings. The Hall–Kier alpha value is -2.23. The van der Waals surface area contributed by atoms with Gasteiger partial charge in [-0.1, -0.05) is 0 Å². The smallest absolute Gasteiger partial charge is 0.308 e. The summed E-state index contributed by atoms with van der Waals surface area (Å²) < 4.78 is 4.87. The lowest BCUT2D eigenvalue weighted by atomic mass is 9.90. The molecular formula is C13H10O4. The fraction of sp³-hybridized carbons (Fsp3) is 0.154. The molecule has 0 saturated heterocycles. The van der Waals surface area contributed by atoms with Crippen molar-refractivity contribution in [3.05, 3.63) is 41.0 Å². The topological polar surface area (TPSA) is 60.4 Å². The second-order valence-electron chi connectivity index (χ2n) is 3.82. The number of benzene rings is 1. The van der Waals surface area contributed by atoms with Crippen molar-refractivity contribution in [1.82, 2.24) is 0 Å². The molecule has 0 saturated carbocycles. The second-order valence-corrected chi connectivity index (χ2v) is 3.82. The molecular weight excluding hydrogens is 220 g/mol. The van der Waals surface area contributed by atoms with Gasteiger partial charge in [0.25, 0.3) is 0 Å². The molecule has 86 valence electrons. The fourth-order valence-electron chi connectivity index (χ4n) is 1.71. The molecule has 1 aromatic carbocycles. The number of hydrogen-bond acceptors (Lipinski definition) is 4. The first-order chi connectivity index (χ1) is 7.99. The molecule has 0 radical (unpaired) electrons. The van der Waals surface area contributed by atoms with Crippen LogP contribution in [0.25, 0.3) is 0 Å². The highest BCUT2D eigenvalue weighted by Gasteiger charge is 2.23. The Morgan fingerprint density at radius 1 is 1.18 bits per heavy atom. The van der Waals surface area contributed by atoms with E-state index in [1.54, 1.807) is 6.92 Å². The maximum Gasteiger partial charge on any atom is 0.308 e. The van der Waals surface area contributed by atoms with Crippen LogP contribution in [0.2, 0.25) is 0 Å². The minimum absolute atomic E-state index is 0.172. The van der Waals surface area contributed by atoms with E-state index in [2.05, 4.69) is 0 Å². The van der Waals surface area contributed by atoms with E-state index in [1.807, 2.05) is 0 Å². The summed E-state index contributed by atoms with van der Waals surface area (Å²) in [6, 6.07) is 4.42. The van der Waals surface area contributed by atoms with Crippen LogP contribution in [0, 0.1) is 0 Å². The van der Waals surface area contributed by atoms with Gasteiger partial charge in [0.15, 0.2) is 11.6 Å². The molecule has 0 N–H and O–H groups in total. The average Bonchev–Trinajstić information content (AvgIpc) is 2.25. The third kappa shape index (κ3) is 2.01. The van der Waals surface area contributed by atoms with Crippen LogP contribution >= 0.6 is 0 Å². The van der Waals surface area contributed by atoms with E-state index in [4.69, 9.17) is 4.74 Å². The van der Waals surface area contributed by atoms with E-state index >= 15 is 0 Å². The molecule has 0 heterocycles. The number of rotatable bonds is 1. The Bertz CT molecular complexity index is 567. The molecule has 0 bridgehead atoms. The van der Waals surface area contributed by atoms with E-state index in [0.29, 0.717) is 11.1 Å². The van der Waals surface area contributed by atoms with Crippen LogP contribution in [0.1, 0.15) is 34.6 Å². The van der Waals surface area contributed by atoms with Crippen molar-refractivity contribution in [3.63, 3.8) is 0 Å². The van der Waals surface area contributed by atoms with Crippen LogP contribution in [0.4, 0.5) is 0 Å². The number of carbonyl (C=O) groups is 3. The third-order valence-electron chi connectivity index (χ3n) is 2.47. The van der Waals surface area contributed by atoms with Crippen molar-refractivity contribution < 1.29 is 19.1 Å². The van der Waals surface area contributed by atoms with Crippen molar-refractivity contribution >= 4 is 17.5 Å². The molecule has 0 unspecified atom stereocenters. The van der Waals surface area contributed by atoms with E-state index in [-0.39, 0.29) is 22.9 Å². The number of Topliss-reactive ketones (excluding diaryl/α,β-unsaturated/α-hetero) is 1. The Morgan fingerprint density at radius 3 is 2.53 bits per heavy atom. The lowest BCUT2D eigenvalue weighted by Crippen LogP contribution is -2.15. The Kier molecular flexibility index (Phi) is 2.63. The van der Waals surface area contributed by atoms with Crippen molar-refractivity contribution in [3.8, 4) is 5.75 Å². The molecule has 0 amide bonds. The molecule has 4 nitrogen and oxygen atoms in total. The first-order valence-corrected chi connectivity index (χ1v) is 5.09.